The van der Waals surface area contributed by atoms with Crippen molar-refractivity contribution in [2.45, 2.75) is 32.1 Å². The third-order valence-corrected chi connectivity index (χ3v) is 3.25. The maximum atomic E-state index is 12.0. The maximum Gasteiger partial charge on any atom is 0.387 e. The SMILES string of the molecule is CC(C)(C)[S@](=O)/N=C/c1cccc(OC(F)F)c1. The van der Waals surface area contributed by atoms with E-state index in [9.17, 15) is 13.0 Å². The molecule has 0 N–H and O–H groups in total. The summed E-state index contributed by atoms with van der Waals surface area (Å²) >= 11 is 0. The molecular weight excluding hydrogens is 260 g/mol. The highest BCUT2D eigenvalue weighted by molar-refractivity contribution is 7.85. The molecule has 0 saturated heterocycles. The number of hydrogen-bond acceptors (Lipinski definition) is 2. The molecule has 1 rings (SSSR count). The van der Waals surface area contributed by atoms with E-state index in [4.69, 9.17) is 0 Å². The minimum atomic E-state index is -2.86. The number of nitrogens with zero attached hydrogens (tertiary/aromatic N) is 1. The van der Waals surface area contributed by atoms with Gasteiger partial charge in [0.2, 0.25) is 0 Å². The number of halogens is 2. The van der Waals surface area contributed by atoms with Crippen LogP contribution in [0.25, 0.3) is 0 Å². The lowest BCUT2D eigenvalue weighted by molar-refractivity contribution is -0.0498. The van der Waals surface area contributed by atoms with Crippen LogP contribution < -0.4 is 4.74 Å². The summed E-state index contributed by atoms with van der Waals surface area (Å²) in [6.07, 6.45) is 1.39. The first kappa shape index (κ1) is 14.8. The van der Waals surface area contributed by atoms with Gasteiger partial charge in [-0.25, -0.2) is 4.21 Å². The van der Waals surface area contributed by atoms with Crippen LogP contribution in [0.4, 0.5) is 8.78 Å². The molecule has 0 fully saturated rings. The molecule has 0 heterocycles. The van der Waals surface area contributed by atoms with Crippen molar-refractivity contribution in [1.29, 1.82) is 0 Å². The standard InChI is InChI=1S/C12H15F2NO2S/c1-12(2,3)18(16)15-8-9-5-4-6-10(7-9)17-11(13)14/h4-8,11H,1-3H3/b15-8+/t18-/m0/s1. The summed E-state index contributed by atoms with van der Waals surface area (Å²) in [5.74, 6) is 0.0514. The van der Waals surface area contributed by atoms with Crippen molar-refractivity contribution in [3.05, 3.63) is 29.8 Å². The average Bonchev–Trinajstić information content (AvgIpc) is 2.24. The van der Waals surface area contributed by atoms with E-state index < -0.39 is 22.3 Å². The van der Waals surface area contributed by atoms with Gasteiger partial charge >= 0.3 is 6.61 Å². The fraction of sp³-hybridized carbons (Fsp3) is 0.417. The lowest BCUT2D eigenvalue weighted by Gasteiger charge is -2.12. The van der Waals surface area contributed by atoms with Crippen molar-refractivity contribution in [3.8, 4) is 5.75 Å². The number of alkyl halides is 2. The van der Waals surface area contributed by atoms with Crippen LogP contribution in [0, 0.1) is 0 Å². The van der Waals surface area contributed by atoms with E-state index in [1.54, 1.807) is 32.9 Å². The highest BCUT2D eigenvalue weighted by atomic mass is 32.2. The normalized spacial score (nSPS) is 14.1. The van der Waals surface area contributed by atoms with Crippen LogP contribution >= 0.6 is 0 Å². The summed E-state index contributed by atoms with van der Waals surface area (Å²) in [6.45, 7) is 2.55. The predicted molar refractivity (Wildman–Crippen MR) is 68.6 cm³/mol. The predicted octanol–water partition coefficient (Wildman–Crippen LogP) is 3.17. The zero-order valence-electron chi connectivity index (χ0n) is 10.4. The van der Waals surface area contributed by atoms with Gasteiger partial charge in [0.05, 0.1) is 4.75 Å². The molecule has 0 radical (unpaired) electrons. The van der Waals surface area contributed by atoms with Crippen molar-refractivity contribution >= 4 is 17.2 Å². The summed E-state index contributed by atoms with van der Waals surface area (Å²) in [5, 5.41) is 0. The Labute approximate surface area is 107 Å². The van der Waals surface area contributed by atoms with E-state index in [-0.39, 0.29) is 5.75 Å². The van der Waals surface area contributed by atoms with E-state index in [1.807, 2.05) is 0 Å². The monoisotopic (exact) mass is 275 g/mol. The van der Waals surface area contributed by atoms with Crippen molar-refractivity contribution in [2.24, 2.45) is 4.40 Å². The molecule has 0 aliphatic heterocycles. The molecule has 18 heavy (non-hydrogen) atoms. The van der Waals surface area contributed by atoms with Crippen LogP contribution in [0.1, 0.15) is 26.3 Å². The molecule has 100 valence electrons. The van der Waals surface area contributed by atoms with Crippen molar-refractivity contribution in [1.82, 2.24) is 0 Å². The van der Waals surface area contributed by atoms with Crippen molar-refractivity contribution < 1.29 is 17.7 Å². The number of benzene rings is 1. The zero-order valence-corrected chi connectivity index (χ0v) is 11.2. The van der Waals surface area contributed by atoms with Gasteiger partial charge in [-0.05, 0) is 38.5 Å². The van der Waals surface area contributed by atoms with Crippen LogP contribution in [-0.2, 0) is 11.0 Å². The first-order chi connectivity index (χ1) is 8.29. The highest BCUT2D eigenvalue weighted by Crippen LogP contribution is 2.16. The quantitative estimate of drug-likeness (QED) is 0.792. The Morgan fingerprint density at radius 1 is 1.39 bits per heavy atom. The van der Waals surface area contributed by atoms with Gasteiger partial charge in [-0.3, -0.25) is 0 Å². The summed E-state index contributed by atoms with van der Waals surface area (Å²) in [4.78, 5) is 0. The first-order valence-corrected chi connectivity index (χ1v) is 6.40. The van der Waals surface area contributed by atoms with Gasteiger partial charge in [0.15, 0.2) is 0 Å². The van der Waals surface area contributed by atoms with Crippen LogP contribution in [-0.4, -0.2) is 21.8 Å². The summed E-state index contributed by atoms with van der Waals surface area (Å²) in [6, 6.07) is 6.07. The summed E-state index contributed by atoms with van der Waals surface area (Å²) in [7, 11) is -1.37. The summed E-state index contributed by atoms with van der Waals surface area (Å²) in [5.41, 5.74) is 0.561. The molecule has 6 heteroatoms. The molecule has 0 aliphatic rings. The largest absolute Gasteiger partial charge is 0.435 e. The fourth-order valence-electron chi connectivity index (χ4n) is 1.04. The smallest absolute Gasteiger partial charge is 0.387 e. The Hall–Kier alpha value is -1.30. The minimum absolute atomic E-state index is 0.0514. The molecule has 0 bridgehead atoms. The zero-order chi connectivity index (χ0) is 13.8. The third kappa shape index (κ3) is 4.91. The number of rotatable bonds is 4. The fourth-order valence-corrected chi connectivity index (χ4v) is 1.57. The molecular formula is C12H15F2NO2S. The average molecular weight is 275 g/mol. The van der Waals surface area contributed by atoms with Gasteiger partial charge in [-0.15, -0.1) is 0 Å². The lowest BCUT2D eigenvalue weighted by atomic mass is 10.2. The van der Waals surface area contributed by atoms with Crippen LogP contribution in [0.3, 0.4) is 0 Å². The third-order valence-electron chi connectivity index (χ3n) is 1.90. The van der Waals surface area contributed by atoms with Gasteiger partial charge in [0.25, 0.3) is 0 Å². The Morgan fingerprint density at radius 2 is 2.06 bits per heavy atom. The first-order valence-electron chi connectivity index (χ1n) is 5.30. The molecule has 0 spiro atoms. The maximum absolute atomic E-state index is 12.0. The van der Waals surface area contributed by atoms with Crippen molar-refractivity contribution in [2.75, 3.05) is 0 Å². The highest BCUT2D eigenvalue weighted by Gasteiger charge is 2.18. The van der Waals surface area contributed by atoms with E-state index >= 15 is 0 Å². The Kier molecular flexibility index (Phi) is 4.95. The van der Waals surface area contributed by atoms with Crippen LogP contribution in [0.5, 0.6) is 5.75 Å². The number of ether oxygens (including phenoxy) is 1. The second-order valence-corrected chi connectivity index (χ2v) is 6.48. The van der Waals surface area contributed by atoms with Gasteiger partial charge in [-0.2, -0.15) is 13.2 Å². The minimum Gasteiger partial charge on any atom is -0.435 e. The van der Waals surface area contributed by atoms with E-state index in [1.165, 1.54) is 18.3 Å². The van der Waals surface area contributed by atoms with E-state index in [0.717, 1.165) is 0 Å². The van der Waals surface area contributed by atoms with Gasteiger partial charge in [0.1, 0.15) is 16.7 Å². The lowest BCUT2D eigenvalue weighted by Crippen LogP contribution is -2.19. The van der Waals surface area contributed by atoms with Crippen molar-refractivity contribution in [3.63, 3.8) is 0 Å². The second-order valence-electron chi connectivity index (χ2n) is 4.55. The Bertz CT molecular complexity index is 456. The number of hydrogen-bond donors (Lipinski definition) is 0. The molecule has 0 aliphatic carbocycles. The van der Waals surface area contributed by atoms with Gasteiger partial charge in [0, 0.05) is 6.21 Å². The molecule has 0 unspecified atom stereocenters. The molecule has 0 aromatic heterocycles. The molecule has 1 aromatic rings. The Morgan fingerprint density at radius 3 is 2.61 bits per heavy atom. The van der Waals surface area contributed by atoms with Crippen LogP contribution in [0.15, 0.2) is 28.7 Å². The molecule has 1 atom stereocenters. The Balaban J connectivity index is 2.79. The van der Waals surface area contributed by atoms with Gasteiger partial charge in [-0.1, -0.05) is 12.1 Å². The van der Waals surface area contributed by atoms with E-state index in [0.29, 0.717) is 5.56 Å². The summed E-state index contributed by atoms with van der Waals surface area (Å²) < 4.78 is 43.4. The van der Waals surface area contributed by atoms with Gasteiger partial charge < -0.3 is 4.74 Å². The topological polar surface area (TPSA) is 38.7 Å². The molecule has 1 aromatic carbocycles. The molecule has 3 nitrogen and oxygen atoms in total. The molecule has 0 saturated carbocycles. The van der Waals surface area contributed by atoms with E-state index in [2.05, 4.69) is 9.13 Å². The van der Waals surface area contributed by atoms with Crippen LogP contribution in [0.2, 0.25) is 0 Å². The molecule has 0 amide bonds. The second kappa shape index (κ2) is 6.04.